The molecule has 3 rings (SSSR count). The highest BCUT2D eigenvalue weighted by molar-refractivity contribution is 5.15. The van der Waals surface area contributed by atoms with Gasteiger partial charge < -0.3 is 4.98 Å². The fraction of sp³-hybridized carbons (Fsp3) is 0.238. The molecule has 128 valence electrons. The molecule has 0 aliphatic carbocycles. The van der Waals surface area contributed by atoms with Crippen LogP contribution in [-0.4, -0.2) is 28.0 Å². The Bertz CT molecular complexity index is 815. The molecule has 0 saturated carbocycles. The van der Waals surface area contributed by atoms with Crippen molar-refractivity contribution in [1.29, 1.82) is 0 Å². The zero-order valence-electron chi connectivity index (χ0n) is 14.3. The quantitative estimate of drug-likeness (QED) is 0.689. The first-order valence-corrected chi connectivity index (χ1v) is 8.64. The standard InChI is InChI=1S/C21H23N3O/c25-21-11-6-10-20(23-21)13-16-24(17-18-7-2-1-3-8-18)15-12-19-9-4-5-14-22-19/h1-11,14H,12-13,15-17H2,(H,23,25). The van der Waals surface area contributed by atoms with E-state index >= 15 is 0 Å². The molecule has 25 heavy (non-hydrogen) atoms. The summed E-state index contributed by atoms with van der Waals surface area (Å²) in [6.07, 6.45) is 3.58. The molecule has 0 spiro atoms. The lowest BCUT2D eigenvalue weighted by molar-refractivity contribution is 0.270. The fourth-order valence-electron chi connectivity index (χ4n) is 2.85. The molecule has 0 atom stereocenters. The Kier molecular flexibility index (Phi) is 6.12. The van der Waals surface area contributed by atoms with Crippen LogP contribution in [-0.2, 0) is 19.4 Å². The highest BCUT2D eigenvalue weighted by Gasteiger charge is 2.08. The molecule has 4 heteroatoms. The Morgan fingerprint density at radius 1 is 0.840 bits per heavy atom. The normalized spacial score (nSPS) is 10.9. The van der Waals surface area contributed by atoms with Crippen LogP contribution >= 0.6 is 0 Å². The van der Waals surface area contributed by atoms with Gasteiger partial charge in [0.2, 0.25) is 5.56 Å². The molecule has 2 heterocycles. The monoisotopic (exact) mass is 333 g/mol. The summed E-state index contributed by atoms with van der Waals surface area (Å²) in [7, 11) is 0. The van der Waals surface area contributed by atoms with E-state index in [0.29, 0.717) is 0 Å². The molecule has 0 unspecified atom stereocenters. The van der Waals surface area contributed by atoms with Crippen molar-refractivity contribution in [3.05, 3.63) is 100 Å². The maximum atomic E-state index is 11.5. The van der Waals surface area contributed by atoms with Crippen LogP contribution in [0.25, 0.3) is 0 Å². The molecule has 1 aromatic carbocycles. The van der Waals surface area contributed by atoms with Gasteiger partial charge in [0, 0.05) is 56.1 Å². The molecule has 0 amide bonds. The second kappa shape index (κ2) is 8.94. The Labute approximate surface area is 148 Å². The van der Waals surface area contributed by atoms with E-state index in [4.69, 9.17) is 0 Å². The smallest absolute Gasteiger partial charge is 0.248 e. The van der Waals surface area contributed by atoms with Crippen molar-refractivity contribution < 1.29 is 0 Å². The molecule has 0 fully saturated rings. The summed E-state index contributed by atoms with van der Waals surface area (Å²) in [5.74, 6) is 0. The highest BCUT2D eigenvalue weighted by Crippen LogP contribution is 2.07. The zero-order chi connectivity index (χ0) is 17.3. The molecular formula is C21H23N3O. The summed E-state index contributed by atoms with van der Waals surface area (Å²) in [5.41, 5.74) is 3.34. The van der Waals surface area contributed by atoms with E-state index in [2.05, 4.69) is 45.2 Å². The molecule has 0 aliphatic rings. The fourth-order valence-corrected chi connectivity index (χ4v) is 2.85. The predicted molar refractivity (Wildman–Crippen MR) is 100 cm³/mol. The van der Waals surface area contributed by atoms with Gasteiger partial charge in [0.25, 0.3) is 0 Å². The highest BCUT2D eigenvalue weighted by atomic mass is 16.1. The minimum atomic E-state index is -0.0411. The minimum Gasteiger partial charge on any atom is -0.326 e. The summed E-state index contributed by atoms with van der Waals surface area (Å²) in [5, 5.41) is 0. The summed E-state index contributed by atoms with van der Waals surface area (Å²) in [6, 6.07) is 21.8. The number of nitrogens with zero attached hydrogens (tertiary/aromatic N) is 2. The number of rotatable bonds is 8. The topological polar surface area (TPSA) is 49.0 Å². The molecule has 4 nitrogen and oxygen atoms in total. The van der Waals surface area contributed by atoms with Crippen LogP contribution in [0.3, 0.4) is 0 Å². The third-order valence-electron chi connectivity index (χ3n) is 4.19. The van der Waals surface area contributed by atoms with E-state index in [9.17, 15) is 4.79 Å². The van der Waals surface area contributed by atoms with Crippen molar-refractivity contribution in [3.8, 4) is 0 Å². The number of benzene rings is 1. The van der Waals surface area contributed by atoms with Gasteiger partial charge in [-0.2, -0.15) is 0 Å². The molecule has 0 bridgehead atoms. The lowest BCUT2D eigenvalue weighted by atomic mass is 10.1. The lowest BCUT2D eigenvalue weighted by Crippen LogP contribution is -2.28. The number of aromatic nitrogens is 2. The number of pyridine rings is 2. The average molecular weight is 333 g/mol. The molecular weight excluding hydrogens is 310 g/mol. The average Bonchev–Trinajstić information content (AvgIpc) is 2.66. The van der Waals surface area contributed by atoms with Crippen LogP contribution in [0.2, 0.25) is 0 Å². The predicted octanol–water partition coefficient (Wildman–Crippen LogP) is 3.06. The van der Waals surface area contributed by atoms with E-state index in [1.54, 1.807) is 6.07 Å². The Balaban J connectivity index is 1.64. The van der Waals surface area contributed by atoms with E-state index in [0.717, 1.165) is 43.9 Å². The van der Waals surface area contributed by atoms with Crippen molar-refractivity contribution in [3.63, 3.8) is 0 Å². The molecule has 2 aromatic heterocycles. The zero-order valence-corrected chi connectivity index (χ0v) is 14.3. The van der Waals surface area contributed by atoms with Crippen LogP contribution in [0.4, 0.5) is 0 Å². The maximum Gasteiger partial charge on any atom is 0.248 e. The van der Waals surface area contributed by atoms with Crippen LogP contribution in [0.5, 0.6) is 0 Å². The van der Waals surface area contributed by atoms with E-state index in [-0.39, 0.29) is 5.56 Å². The van der Waals surface area contributed by atoms with Gasteiger partial charge in [-0.1, -0.05) is 42.5 Å². The third-order valence-corrected chi connectivity index (χ3v) is 4.19. The number of H-pyrrole nitrogens is 1. The minimum absolute atomic E-state index is 0.0411. The molecule has 3 aromatic rings. The van der Waals surface area contributed by atoms with Gasteiger partial charge in [-0.05, 0) is 23.8 Å². The summed E-state index contributed by atoms with van der Waals surface area (Å²) in [6.45, 7) is 2.72. The van der Waals surface area contributed by atoms with Gasteiger partial charge in [-0.25, -0.2) is 0 Å². The van der Waals surface area contributed by atoms with Crippen molar-refractivity contribution in [2.45, 2.75) is 19.4 Å². The number of nitrogens with one attached hydrogen (secondary N) is 1. The summed E-state index contributed by atoms with van der Waals surface area (Å²) in [4.78, 5) is 21.2. The molecule has 0 saturated heterocycles. The summed E-state index contributed by atoms with van der Waals surface area (Å²) < 4.78 is 0. The van der Waals surface area contributed by atoms with E-state index in [1.807, 2.05) is 36.5 Å². The molecule has 0 aliphatic heterocycles. The van der Waals surface area contributed by atoms with E-state index in [1.165, 1.54) is 5.56 Å². The van der Waals surface area contributed by atoms with Crippen LogP contribution < -0.4 is 5.56 Å². The van der Waals surface area contributed by atoms with E-state index < -0.39 is 0 Å². The Hall–Kier alpha value is -2.72. The lowest BCUT2D eigenvalue weighted by Gasteiger charge is -2.22. The Morgan fingerprint density at radius 2 is 1.64 bits per heavy atom. The first-order chi connectivity index (χ1) is 12.3. The van der Waals surface area contributed by atoms with Gasteiger partial charge in [-0.3, -0.25) is 14.7 Å². The van der Waals surface area contributed by atoms with Crippen molar-refractivity contribution >= 4 is 0 Å². The maximum absolute atomic E-state index is 11.5. The van der Waals surface area contributed by atoms with Gasteiger partial charge >= 0.3 is 0 Å². The number of hydrogen-bond donors (Lipinski definition) is 1. The number of hydrogen-bond acceptors (Lipinski definition) is 3. The second-order valence-electron chi connectivity index (χ2n) is 6.12. The number of aromatic amines is 1. The van der Waals surface area contributed by atoms with Gasteiger partial charge in [0.1, 0.15) is 0 Å². The Morgan fingerprint density at radius 3 is 2.40 bits per heavy atom. The van der Waals surface area contributed by atoms with Gasteiger partial charge in [-0.15, -0.1) is 0 Å². The van der Waals surface area contributed by atoms with Crippen LogP contribution in [0.15, 0.2) is 77.7 Å². The molecule has 1 N–H and O–H groups in total. The van der Waals surface area contributed by atoms with Crippen molar-refractivity contribution in [2.24, 2.45) is 0 Å². The molecule has 0 radical (unpaired) electrons. The van der Waals surface area contributed by atoms with Crippen LogP contribution in [0, 0.1) is 0 Å². The van der Waals surface area contributed by atoms with Gasteiger partial charge in [0.05, 0.1) is 0 Å². The van der Waals surface area contributed by atoms with Crippen molar-refractivity contribution in [1.82, 2.24) is 14.9 Å². The van der Waals surface area contributed by atoms with Gasteiger partial charge in [0.15, 0.2) is 0 Å². The van der Waals surface area contributed by atoms with Crippen LogP contribution in [0.1, 0.15) is 17.0 Å². The first kappa shape index (κ1) is 17.1. The first-order valence-electron chi connectivity index (χ1n) is 8.64. The SMILES string of the molecule is O=c1cccc(CCN(CCc2ccccn2)Cc2ccccc2)[nH]1. The largest absolute Gasteiger partial charge is 0.326 e. The van der Waals surface area contributed by atoms with Crippen molar-refractivity contribution in [2.75, 3.05) is 13.1 Å². The third kappa shape index (κ3) is 5.69. The summed E-state index contributed by atoms with van der Waals surface area (Å²) >= 11 is 0. The second-order valence-corrected chi connectivity index (χ2v) is 6.12.